The van der Waals surface area contributed by atoms with E-state index in [1.807, 2.05) is 18.2 Å². The van der Waals surface area contributed by atoms with Crippen LogP contribution in [0.1, 0.15) is 49.4 Å². The topological polar surface area (TPSA) is 96.5 Å². The predicted molar refractivity (Wildman–Crippen MR) is 115 cm³/mol. The molecule has 2 aromatic rings. The second kappa shape index (κ2) is 9.91. The van der Waals surface area contributed by atoms with Gasteiger partial charge in [0, 0.05) is 16.9 Å². The van der Waals surface area contributed by atoms with E-state index >= 15 is 0 Å². The van der Waals surface area contributed by atoms with Gasteiger partial charge in [0.15, 0.2) is 0 Å². The molecule has 3 amide bonds. The summed E-state index contributed by atoms with van der Waals surface area (Å²) in [4.78, 5) is 37.4. The van der Waals surface area contributed by atoms with Crippen LogP contribution in [0, 0.1) is 0 Å². The van der Waals surface area contributed by atoms with Crippen molar-refractivity contribution in [2.24, 2.45) is 0 Å². The van der Waals surface area contributed by atoms with E-state index in [-0.39, 0.29) is 24.5 Å². The molecule has 3 N–H and O–H groups in total. The van der Waals surface area contributed by atoms with Crippen molar-refractivity contribution in [3.63, 3.8) is 0 Å². The number of esters is 1. The lowest BCUT2D eigenvalue weighted by molar-refractivity contribution is -0.152. The van der Waals surface area contributed by atoms with E-state index in [1.54, 1.807) is 43.3 Å². The molecular weight excluding hydrogens is 382 g/mol. The number of benzene rings is 2. The standard InChI is InChI=1S/C23H27N3O4/c1-2-30-21(28)23(15-7-4-8-16-23)26-20(27)17-11-13-19(14-12-17)25-22(29)24-18-9-5-3-6-10-18/h3,5-6,9-14H,2,4,7-8,15-16H2,1H3,(H,26,27)(H2,24,25,29). The normalized spacial score (nSPS) is 15.0. The maximum absolute atomic E-state index is 12.8. The Morgan fingerprint density at radius 1 is 0.867 bits per heavy atom. The number of carbonyl (C=O) groups excluding carboxylic acids is 3. The summed E-state index contributed by atoms with van der Waals surface area (Å²) in [5, 5.41) is 8.37. The summed E-state index contributed by atoms with van der Waals surface area (Å²) in [6.07, 6.45) is 3.95. The van der Waals surface area contributed by atoms with Gasteiger partial charge >= 0.3 is 12.0 Å². The van der Waals surface area contributed by atoms with Crippen molar-refractivity contribution in [2.75, 3.05) is 17.2 Å². The van der Waals surface area contributed by atoms with E-state index < -0.39 is 5.54 Å². The predicted octanol–water partition coefficient (Wildman–Crippen LogP) is 4.33. The van der Waals surface area contributed by atoms with Crippen molar-refractivity contribution >= 4 is 29.3 Å². The molecule has 1 saturated carbocycles. The number of rotatable bonds is 6. The summed E-state index contributed by atoms with van der Waals surface area (Å²) in [5.74, 6) is -0.695. The number of carbonyl (C=O) groups is 3. The van der Waals surface area contributed by atoms with Crippen LogP contribution in [0.4, 0.5) is 16.2 Å². The second-order valence-electron chi connectivity index (χ2n) is 7.34. The molecule has 1 fully saturated rings. The average Bonchev–Trinajstić information content (AvgIpc) is 2.75. The third-order valence-corrected chi connectivity index (χ3v) is 5.16. The first-order valence-electron chi connectivity index (χ1n) is 10.3. The molecule has 0 radical (unpaired) electrons. The molecule has 0 unspecified atom stereocenters. The number of nitrogens with one attached hydrogen (secondary N) is 3. The first kappa shape index (κ1) is 21.4. The zero-order valence-corrected chi connectivity index (χ0v) is 17.1. The Kier molecular flexibility index (Phi) is 7.06. The molecule has 0 spiro atoms. The van der Waals surface area contributed by atoms with Crippen molar-refractivity contribution in [3.8, 4) is 0 Å². The van der Waals surface area contributed by atoms with Crippen LogP contribution < -0.4 is 16.0 Å². The summed E-state index contributed by atoms with van der Waals surface area (Å²) in [6, 6.07) is 15.3. The zero-order chi connectivity index (χ0) is 21.4. The average molecular weight is 409 g/mol. The number of amides is 3. The number of urea groups is 1. The third kappa shape index (κ3) is 5.37. The number of hydrogen-bond acceptors (Lipinski definition) is 4. The summed E-state index contributed by atoms with van der Waals surface area (Å²) >= 11 is 0. The van der Waals surface area contributed by atoms with E-state index in [0.717, 1.165) is 19.3 Å². The van der Waals surface area contributed by atoms with Gasteiger partial charge in [0.25, 0.3) is 5.91 Å². The highest BCUT2D eigenvalue weighted by Gasteiger charge is 2.42. The zero-order valence-electron chi connectivity index (χ0n) is 17.1. The number of para-hydroxylation sites is 1. The van der Waals surface area contributed by atoms with Crippen LogP contribution in [-0.4, -0.2) is 30.1 Å². The Balaban J connectivity index is 1.62. The number of anilines is 2. The monoisotopic (exact) mass is 409 g/mol. The van der Waals surface area contributed by atoms with Crippen LogP contribution >= 0.6 is 0 Å². The van der Waals surface area contributed by atoms with Crippen molar-refractivity contribution in [1.29, 1.82) is 0 Å². The van der Waals surface area contributed by atoms with Gasteiger partial charge < -0.3 is 20.7 Å². The van der Waals surface area contributed by atoms with E-state index in [4.69, 9.17) is 4.74 Å². The van der Waals surface area contributed by atoms with Crippen molar-refractivity contribution in [1.82, 2.24) is 5.32 Å². The van der Waals surface area contributed by atoms with Crippen LogP contribution in [0.5, 0.6) is 0 Å². The molecule has 0 bridgehead atoms. The van der Waals surface area contributed by atoms with E-state index in [9.17, 15) is 14.4 Å². The number of hydrogen-bond donors (Lipinski definition) is 3. The van der Waals surface area contributed by atoms with Crippen LogP contribution in [-0.2, 0) is 9.53 Å². The van der Waals surface area contributed by atoms with Crippen LogP contribution in [0.15, 0.2) is 54.6 Å². The fraction of sp³-hybridized carbons (Fsp3) is 0.348. The van der Waals surface area contributed by atoms with Gasteiger partial charge in [0.2, 0.25) is 0 Å². The van der Waals surface area contributed by atoms with Gasteiger partial charge in [0.1, 0.15) is 5.54 Å². The van der Waals surface area contributed by atoms with Gasteiger partial charge in [-0.05, 0) is 56.2 Å². The molecule has 7 nitrogen and oxygen atoms in total. The molecule has 0 heterocycles. The molecule has 3 rings (SSSR count). The second-order valence-corrected chi connectivity index (χ2v) is 7.34. The van der Waals surface area contributed by atoms with Gasteiger partial charge in [-0.2, -0.15) is 0 Å². The van der Waals surface area contributed by atoms with Crippen LogP contribution in [0.25, 0.3) is 0 Å². The Bertz CT molecular complexity index is 875. The quantitative estimate of drug-likeness (QED) is 0.619. The molecule has 1 aliphatic rings. The van der Waals surface area contributed by atoms with E-state index in [0.29, 0.717) is 29.8 Å². The fourth-order valence-electron chi connectivity index (χ4n) is 3.61. The van der Waals surface area contributed by atoms with Crippen molar-refractivity contribution in [2.45, 2.75) is 44.6 Å². The van der Waals surface area contributed by atoms with Gasteiger partial charge in [0.05, 0.1) is 6.61 Å². The molecular formula is C23H27N3O4. The van der Waals surface area contributed by atoms with E-state index in [1.165, 1.54) is 0 Å². The lowest BCUT2D eigenvalue weighted by Gasteiger charge is -2.35. The summed E-state index contributed by atoms with van der Waals surface area (Å²) in [6.45, 7) is 2.04. The Labute approximate surface area is 176 Å². The Morgan fingerprint density at radius 2 is 1.47 bits per heavy atom. The highest BCUT2D eigenvalue weighted by atomic mass is 16.5. The third-order valence-electron chi connectivity index (χ3n) is 5.16. The SMILES string of the molecule is CCOC(=O)C1(NC(=O)c2ccc(NC(=O)Nc3ccccc3)cc2)CCCCC1. The maximum atomic E-state index is 12.8. The molecule has 0 saturated heterocycles. The molecule has 0 aromatic heterocycles. The van der Waals surface area contributed by atoms with Crippen LogP contribution in [0.3, 0.4) is 0 Å². The minimum Gasteiger partial charge on any atom is -0.464 e. The first-order valence-corrected chi connectivity index (χ1v) is 10.3. The highest BCUT2D eigenvalue weighted by molar-refractivity contribution is 6.01. The lowest BCUT2D eigenvalue weighted by atomic mass is 9.81. The molecule has 1 aliphatic carbocycles. The van der Waals surface area contributed by atoms with Gasteiger partial charge in [-0.1, -0.05) is 37.5 Å². The molecule has 2 aromatic carbocycles. The van der Waals surface area contributed by atoms with Crippen molar-refractivity contribution in [3.05, 3.63) is 60.2 Å². The largest absolute Gasteiger partial charge is 0.464 e. The molecule has 30 heavy (non-hydrogen) atoms. The summed E-state index contributed by atoms with van der Waals surface area (Å²) in [5.41, 5.74) is 0.691. The first-order chi connectivity index (χ1) is 14.5. The van der Waals surface area contributed by atoms with Crippen molar-refractivity contribution < 1.29 is 19.1 Å². The maximum Gasteiger partial charge on any atom is 0.331 e. The lowest BCUT2D eigenvalue weighted by Crippen LogP contribution is -2.56. The van der Waals surface area contributed by atoms with Gasteiger partial charge in [-0.3, -0.25) is 4.79 Å². The van der Waals surface area contributed by atoms with E-state index in [2.05, 4.69) is 16.0 Å². The molecule has 0 atom stereocenters. The Hall–Kier alpha value is -3.35. The molecule has 158 valence electrons. The highest BCUT2D eigenvalue weighted by Crippen LogP contribution is 2.30. The summed E-state index contributed by atoms with van der Waals surface area (Å²) < 4.78 is 5.23. The fourth-order valence-corrected chi connectivity index (χ4v) is 3.61. The smallest absolute Gasteiger partial charge is 0.331 e. The Morgan fingerprint density at radius 3 is 2.07 bits per heavy atom. The van der Waals surface area contributed by atoms with Gasteiger partial charge in [-0.15, -0.1) is 0 Å². The number of ether oxygens (including phenoxy) is 1. The van der Waals surface area contributed by atoms with Gasteiger partial charge in [-0.25, -0.2) is 9.59 Å². The molecule has 7 heteroatoms. The minimum absolute atomic E-state index is 0.280. The summed E-state index contributed by atoms with van der Waals surface area (Å²) in [7, 11) is 0. The van der Waals surface area contributed by atoms with Crippen LogP contribution in [0.2, 0.25) is 0 Å². The minimum atomic E-state index is -0.960. The molecule has 0 aliphatic heterocycles.